The molecule has 25 heavy (non-hydrogen) atoms. The summed E-state index contributed by atoms with van der Waals surface area (Å²) < 4.78 is 35.3. The number of rotatable bonds is 5. The average molecular weight is 375 g/mol. The van der Waals surface area contributed by atoms with E-state index in [1.807, 2.05) is 24.3 Å². The molecule has 2 aromatic rings. The largest absolute Gasteiger partial charge is 0.441 e. The maximum Gasteiger partial charge on any atom is 0.201 e. The number of benzene rings is 2. The molecule has 3 nitrogen and oxygen atoms in total. The highest BCUT2D eigenvalue weighted by molar-refractivity contribution is 8.07. The maximum atomic E-state index is 13.2. The molecule has 0 saturated heterocycles. The summed E-state index contributed by atoms with van der Waals surface area (Å²) in [7, 11) is -1.03. The highest BCUT2D eigenvalue weighted by Crippen LogP contribution is 2.40. The van der Waals surface area contributed by atoms with Crippen molar-refractivity contribution in [2.45, 2.75) is 24.7 Å². The molecule has 2 aromatic carbocycles. The topological polar surface area (TPSA) is 38.7 Å². The van der Waals surface area contributed by atoms with Gasteiger partial charge in [0, 0.05) is 45.9 Å². The Labute approximate surface area is 153 Å². The van der Waals surface area contributed by atoms with E-state index in [2.05, 4.69) is 11.3 Å². The lowest BCUT2D eigenvalue weighted by molar-refractivity contribution is 0.491. The van der Waals surface area contributed by atoms with E-state index < -0.39 is 10.8 Å². The van der Waals surface area contributed by atoms with Gasteiger partial charge in [0.05, 0.1) is 4.91 Å². The molecule has 130 valence electrons. The third kappa shape index (κ3) is 4.19. The average Bonchev–Trinajstić information content (AvgIpc) is 2.63. The maximum absolute atomic E-state index is 13.2. The summed E-state index contributed by atoms with van der Waals surface area (Å²) in [6, 6.07) is 13.7. The van der Waals surface area contributed by atoms with Gasteiger partial charge in [-0.2, -0.15) is 4.40 Å². The number of nitrogens with zero attached hydrogens (tertiary/aromatic N) is 1. The number of halogens is 1. The summed E-state index contributed by atoms with van der Waals surface area (Å²) in [5, 5.41) is 0. The van der Waals surface area contributed by atoms with Gasteiger partial charge in [-0.3, -0.25) is 4.21 Å². The summed E-state index contributed by atoms with van der Waals surface area (Å²) in [5.41, 5.74) is 1.73. The van der Waals surface area contributed by atoms with Crippen molar-refractivity contribution >= 4 is 39.3 Å². The van der Waals surface area contributed by atoms with E-state index in [1.165, 1.54) is 24.1 Å². The molecule has 3 rings (SSSR count). The molecule has 0 spiro atoms. The number of ether oxygens (including phenoxy) is 1. The van der Waals surface area contributed by atoms with Crippen LogP contribution in [0.3, 0.4) is 0 Å². The SMILES string of the molecule is CCCC1=NSC(c2ccc(F)cc2)=C(c2ccc(S(C)=O)cc2)O1. The molecule has 6 heteroatoms. The van der Waals surface area contributed by atoms with Crippen LogP contribution in [0.25, 0.3) is 10.7 Å². The molecule has 0 N–H and O–H groups in total. The minimum absolute atomic E-state index is 0.280. The molecule has 1 atom stereocenters. The van der Waals surface area contributed by atoms with E-state index >= 15 is 0 Å². The fraction of sp³-hybridized carbons (Fsp3) is 0.211. The van der Waals surface area contributed by atoms with Gasteiger partial charge in [-0.05, 0) is 48.4 Å². The second-order valence-electron chi connectivity index (χ2n) is 5.57. The molecule has 1 heterocycles. The molecule has 0 radical (unpaired) electrons. The second-order valence-corrected chi connectivity index (χ2v) is 7.73. The quantitative estimate of drug-likeness (QED) is 0.669. The summed E-state index contributed by atoms with van der Waals surface area (Å²) >= 11 is 1.34. The second kappa shape index (κ2) is 7.97. The first-order valence-electron chi connectivity index (χ1n) is 7.94. The van der Waals surface area contributed by atoms with Crippen LogP contribution in [0.15, 0.2) is 57.8 Å². The Morgan fingerprint density at radius 1 is 1.08 bits per heavy atom. The Hall–Kier alpha value is -1.92. The molecule has 0 fully saturated rings. The van der Waals surface area contributed by atoms with E-state index in [-0.39, 0.29) is 5.82 Å². The van der Waals surface area contributed by atoms with Crippen molar-refractivity contribution < 1.29 is 13.3 Å². The van der Waals surface area contributed by atoms with Crippen LogP contribution in [0.2, 0.25) is 0 Å². The van der Waals surface area contributed by atoms with Gasteiger partial charge in [0.15, 0.2) is 5.76 Å². The zero-order chi connectivity index (χ0) is 17.8. The molecule has 0 aliphatic carbocycles. The standard InChI is InChI=1S/C19H18FNO2S2/c1-3-4-17-21-24-19(14-5-9-15(20)10-6-14)18(23-17)13-7-11-16(12-8-13)25(2)22/h5-12H,3-4H2,1-2H3. The Morgan fingerprint density at radius 2 is 1.72 bits per heavy atom. The molecule has 1 unspecified atom stereocenters. The van der Waals surface area contributed by atoms with Crippen LogP contribution in [0.1, 0.15) is 30.9 Å². The van der Waals surface area contributed by atoms with Crippen LogP contribution >= 0.6 is 11.9 Å². The summed E-state index contributed by atoms with van der Waals surface area (Å²) in [5.74, 6) is 1.09. The highest BCUT2D eigenvalue weighted by atomic mass is 32.2. The zero-order valence-corrected chi connectivity index (χ0v) is 15.6. The molecular weight excluding hydrogens is 357 g/mol. The van der Waals surface area contributed by atoms with Crippen LogP contribution in [0.5, 0.6) is 0 Å². The van der Waals surface area contributed by atoms with Gasteiger partial charge < -0.3 is 4.74 Å². The monoisotopic (exact) mass is 375 g/mol. The van der Waals surface area contributed by atoms with Crippen molar-refractivity contribution in [3.63, 3.8) is 0 Å². The summed E-state index contributed by atoms with van der Waals surface area (Å²) in [6.07, 6.45) is 3.34. The highest BCUT2D eigenvalue weighted by Gasteiger charge is 2.21. The van der Waals surface area contributed by atoms with Crippen LogP contribution in [-0.2, 0) is 15.5 Å². The smallest absolute Gasteiger partial charge is 0.201 e. The van der Waals surface area contributed by atoms with Crippen molar-refractivity contribution in [2.24, 2.45) is 4.40 Å². The fourth-order valence-corrected chi connectivity index (χ4v) is 3.73. The summed E-state index contributed by atoms with van der Waals surface area (Å²) in [6.45, 7) is 2.07. The van der Waals surface area contributed by atoms with Gasteiger partial charge in [-0.15, -0.1) is 0 Å². The van der Waals surface area contributed by atoms with E-state index in [0.29, 0.717) is 11.7 Å². The predicted octanol–water partition coefficient (Wildman–Crippen LogP) is 5.27. The van der Waals surface area contributed by atoms with Crippen LogP contribution < -0.4 is 0 Å². The van der Waals surface area contributed by atoms with Gasteiger partial charge in [0.2, 0.25) is 5.90 Å². The first-order chi connectivity index (χ1) is 12.1. The fourth-order valence-electron chi connectivity index (χ4n) is 2.40. The van der Waals surface area contributed by atoms with Gasteiger partial charge >= 0.3 is 0 Å². The third-order valence-corrected chi connectivity index (χ3v) is 5.52. The lowest BCUT2D eigenvalue weighted by Crippen LogP contribution is -2.08. The molecule has 0 aromatic heterocycles. The third-order valence-electron chi connectivity index (χ3n) is 3.68. The zero-order valence-electron chi connectivity index (χ0n) is 14.0. The van der Waals surface area contributed by atoms with E-state index in [1.54, 1.807) is 18.4 Å². The van der Waals surface area contributed by atoms with Crippen molar-refractivity contribution in [1.29, 1.82) is 0 Å². The first kappa shape index (κ1) is 17.9. The summed E-state index contributed by atoms with van der Waals surface area (Å²) in [4.78, 5) is 1.60. The number of hydrogen-bond acceptors (Lipinski definition) is 4. The number of hydrogen-bond donors (Lipinski definition) is 0. The first-order valence-corrected chi connectivity index (χ1v) is 10.3. The molecule has 0 bridgehead atoms. The minimum atomic E-state index is -1.03. The molecule has 1 aliphatic rings. The Bertz CT molecular complexity index is 843. The van der Waals surface area contributed by atoms with Gasteiger partial charge in [0.1, 0.15) is 5.82 Å². The van der Waals surface area contributed by atoms with Crippen LogP contribution in [0.4, 0.5) is 4.39 Å². The van der Waals surface area contributed by atoms with Crippen molar-refractivity contribution in [2.75, 3.05) is 6.26 Å². The predicted molar refractivity (Wildman–Crippen MR) is 103 cm³/mol. The Balaban J connectivity index is 2.03. The Kier molecular flexibility index (Phi) is 5.71. The van der Waals surface area contributed by atoms with Gasteiger partial charge in [-0.25, -0.2) is 4.39 Å². The normalized spacial score (nSPS) is 15.6. The van der Waals surface area contributed by atoms with Crippen LogP contribution in [-0.4, -0.2) is 16.4 Å². The molecule has 0 saturated carbocycles. The minimum Gasteiger partial charge on any atom is -0.441 e. The van der Waals surface area contributed by atoms with E-state index in [4.69, 9.17) is 4.74 Å². The Morgan fingerprint density at radius 3 is 2.32 bits per heavy atom. The lowest BCUT2D eigenvalue weighted by Gasteiger charge is -2.20. The van der Waals surface area contributed by atoms with Crippen molar-refractivity contribution in [3.05, 3.63) is 65.5 Å². The van der Waals surface area contributed by atoms with Crippen molar-refractivity contribution in [3.8, 4) is 0 Å². The van der Waals surface area contributed by atoms with E-state index in [9.17, 15) is 8.60 Å². The van der Waals surface area contributed by atoms with Gasteiger partial charge in [-0.1, -0.05) is 19.1 Å². The molecule has 0 amide bonds. The van der Waals surface area contributed by atoms with E-state index in [0.717, 1.165) is 33.8 Å². The lowest BCUT2D eigenvalue weighted by atomic mass is 10.1. The molecular formula is C19H18FNO2S2. The van der Waals surface area contributed by atoms with Gasteiger partial charge in [0.25, 0.3) is 0 Å². The molecule has 1 aliphatic heterocycles. The van der Waals surface area contributed by atoms with Crippen LogP contribution in [0, 0.1) is 5.82 Å². The van der Waals surface area contributed by atoms with Crippen molar-refractivity contribution in [1.82, 2.24) is 0 Å².